The van der Waals surface area contributed by atoms with Gasteiger partial charge in [-0.15, -0.1) is 0 Å². The summed E-state index contributed by atoms with van der Waals surface area (Å²) < 4.78 is 16.7. The summed E-state index contributed by atoms with van der Waals surface area (Å²) in [6.45, 7) is 4.39. The number of nitrogens with one attached hydrogen (secondary N) is 1. The highest BCUT2D eigenvalue weighted by Crippen LogP contribution is 2.60. The van der Waals surface area contributed by atoms with Gasteiger partial charge in [0.15, 0.2) is 0 Å². The van der Waals surface area contributed by atoms with Crippen LogP contribution in [0, 0.1) is 17.8 Å². The zero-order chi connectivity index (χ0) is 30.5. The quantitative estimate of drug-likeness (QED) is 0.328. The van der Waals surface area contributed by atoms with Crippen LogP contribution in [0.4, 0.5) is 15.8 Å². The molecule has 2 aromatic rings. The molecule has 10 heteroatoms. The van der Waals surface area contributed by atoms with Crippen LogP contribution in [0.25, 0.3) is 0 Å². The Balaban J connectivity index is 1.51. The number of benzene rings is 2. The van der Waals surface area contributed by atoms with E-state index in [1.807, 2.05) is 0 Å². The molecule has 0 bridgehead atoms. The van der Waals surface area contributed by atoms with Crippen molar-refractivity contribution in [3.8, 4) is 0 Å². The number of aromatic carboxylic acids is 1. The van der Waals surface area contributed by atoms with Gasteiger partial charge in [0.05, 0.1) is 17.4 Å². The first-order valence-electron chi connectivity index (χ1n) is 14.5. The van der Waals surface area contributed by atoms with E-state index in [4.69, 9.17) is 23.2 Å². The van der Waals surface area contributed by atoms with Crippen LogP contribution in [-0.4, -0.2) is 46.9 Å². The smallest absolute Gasteiger partial charge is 0.335 e. The predicted molar refractivity (Wildman–Crippen MR) is 165 cm³/mol. The molecule has 4 atom stereocenters. The van der Waals surface area contributed by atoms with E-state index < -0.39 is 35.2 Å². The molecule has 1 saturated carbocycles. The molecule has 2 saturated heterocycles. The van der Waals surface area contributed by atoms with Crippen molar-refractivity contribution in [2.75, 3.05) is 23.3 Å². The monoisotopic (exact) mass is 623 g/mol. The zero-order valence-corrected chi connectivity index (χ0v) is 25.0. The maximum Gasteiger partial charge on any atom is 0.335 e. The fraction of sp³-hybridized carbons (Fsp3) is 0.364. The normalized spacial score (nSPS) is 27.7. The van der Waals surface area contributed by atoms with Gasteiger partial charge in [-0.25, -0.2) is 9.18 Å². The Morgan fingerprint density at radius 3 is 2.53 bits per heavy atom. The number of halogens is 3. The van der Waals surface area contributed by atoms with Gasteiger partial charge in [-0.3, -0.25) is 14.5 Å². The predicted octanol–water partition coefficient (Wildman–Crippen LogP) is 6.89. The molecule has 43 heavy (non-hydrogen) atoms. The van der Waals surface area contributed by atoms with Crippen molar-refractivity contribution in [2.45, 2.75) is 43.7 Å². The largest absolute Gasteiger partial charge is 0.478 e. The summed E-state index contributed by atoms with van der Waals surface area (Å²) in [6, 6.07) is 10.8. The van der Waals surface area contributed by atoms with Crippen LogP contribution in [-0.2, 0) is 15.1 Å². The number of carbonyl (C=O) groups is 3. The van der Waals surface area contributed by atoms with Gasteiger partial charge in [-0.1, -0.05) is 61.2 Å². The van der Waals surface area contributed by atoms with Gasteiger partial charge < -0.3 is 15.3 Å². The van der Waals surface area contributed by atoms with E-state index in [0.717, 1.165) is 32.1 Å². The molecule has 1 aliphatic carbocycles. The van der Waals surface area contributed by atoms with E-state index >= 15 is 4.39 Å². The molecular weight excluding hydrogens is 592 g/mol. The number of hydrogen-bond donors (Lipinski definition) is 2. The Morgan fingerprint density at radius 1 is 1.14 bits per heavy atom. The fourth-order valence-electron chi connectivity index (χ4n) is 7.64. The summed E-state index contributed by atoms with van der Waals surface area (Å²) in [5.41, 5.74) is 0.291. The first-order valence-corrected chi connectivity index (χ1v) is 15.3. The lowest BCUT2D eigenvalue weighted by molar-refractivity contribution is -0.130. The number of hydrogen-bond acceptors (Lipinski definition) is 4. The Bertz CT molecular complexity index is 1550. The number of nitrogens with zero attached hydrogens (tertiary/aromatic N) is 2. The maximum atomic E-state index is 16.7. The first-order chi connectivity index (χ1) is 20.6. The van der Waals surface area contributed by atoms with E-state index in [0.29, 0.717) is 34.4 Å². The topological polar surface area (TPSA) is 90.0 Å². The van der Waals surface area contributed by atoms with Gasteiger partial charge in [0.25, 0.3) is 0 Å². The summed E-state index contributed by atoms with van der Waals surface area (Å²) in [5.74, 6) is -4.08. The second kappa shape index (κ2) is 11.6. The molecule has 2 N–H and O–H groups in total. The maximum absolute atomic E-state index is 16.7. The minimum absolute atomic E-state index is 0.103. The van der Waals surface area contributed by atoms with Crippen molar-refractivity contribution >= 4 is 52.4 Å². The highest BCUT2D eigenvalue weighted by Gasteiger charge is 2.71. The van der Waals surface area contributed by atoms with Gasteiger partial charge in [0.2, 0.25) is 11.8 Å². The number of rotatable bonds is 7. The lowest BCUT2D eigenvalue weighted by Gasteiger charge is -2.42. The molecule has 0 radical (unpaired) electrons. The summed E-state index contributed by atoms with van der Waals surface area (Å²) in [6.07, 6.45) is 9.48. The molecule has 4 aliphatic rings. The van der Waals surface area contributed by atoms with Gasteiger partial charge in [-0.05, 0) is 67.3 Å². The molecule has 3 aliphatic heterocycles. The van der Waals surface area contributed by atoms with E-state index in [2.05, 4.69) is 16.8 Å². The van der Waals surface area contributed by atoms with E-state index in [9.17, 15) is 19.5 Å². The third kappa shape index (κ3) is 4.99. The highest BCUT2D eigenvalue weighted by atomic mass is 35.5. The van der Waals surface area contributed by atoms with Gasteiger partial charge in [0, 0.05) is 46.1 Å². The molecule has 7 nitrogen and oxygen atoms in total. The van der Waals surface area contributed by atoms with Crippen LogP contribution in [0.2, 0.25) is 5.02 Å². The van der Waals surface area contributed by atoms with Crippen molar-refractivity contribution in [1.29, 1.82) is 0 Å². The molecular formula is C33H32Cl2FN3O4. The number of carbonyl (C=O) groups excluding carboxylic acids is 2. The lowest BCUT2D eigenvalue weighted by atomic mass is 9.74. The van der Waals surface area contributed by atoms with Gasteiger partial charge >= 0.3 is 5.97 Å². The minimum Gasteiger partial charge on any atom is -0.478 e. The number of likely N-dealkylation sites (tertiary alicyclic amines) is 1. The molecule has 0 aromatic heterocycles. The molecule has 224 valence electrons. The van der Waals surface area contributed by atoms with Gasteiger partial charge in [0.1, 0.15) is 11.4 Å². The Hall–Kier alpha value is -3.46. The second-order valence-corrected chi connectivity index (χ2v) is 12.7. The molecule has 6 rings (SSSR count). The summed E-state index contributed by atoms with van der Waals surface area (Å²) in [4.78, 5) is 43.7. The van der Waals surface area contributed by atoms with Crippen molar-refractivity contribution in [3.05, 3.63) is 94.3 Å². The zero-order valence-electron chi connectivity index (χ0n) is 23.4. The molecule has 1 spiro atoms. The van der Waals surface area contributed by atoms with Crippen LogP contribution >= 0.6 is 23.2 Å². The van der Waals surface area contributed by atoms with Crippen LogP contribution in [0.3, 0.4) is 0 Å². The van der Waals surface area contributed by atoms with E-state index in [-0.39, 0.29) is 29.0 Å². The first kappa shape index (κ1) is 29.6. The second-order valence-electron chi connectivity index (χ2n) is 11.8. The third-order valence-corrected chi connectivity index (χ3v) is 9.78. The summed E-state index contributed by atoms with van der Waals surface area (Å²) in [7, 11) is 0. The number of amides is 2. The van der Waals surface area contributed by atoms with E-state index in [1.165, 1.54) is 30.4 Å². The lowest BCUT2D eigenvalue weighted by Crippen LogP contribution is -2.56. The average Bonchev–Trinajstić information content (AvgIpc) is 3.56. The third-order valence-electron chi connectivity index (χ3n) is 9.42. The standard InChI is InChI=1S/C33H32Cl2FN3O4/c1-19(34)6-5-9-25(36)29-28-27(18-38(30(28)40)23-13-10-21(11-14-23)31(41)42)39(17-20-7-3-2-4-8-20)33(29)24-15-12-22(35)16-26(24)37-32(33)43/h5-6,9-16,20,27-29H,1-4,7-8,17-18H2,(H,37,43)(H,41,42)/b6-5-,25-9-/t27-,28+,29-,33+/m1/s1. The Labute approximate surface area is 259 Å². The SMILES string of the molecule is C=C(Cl)/C=C\C=C(/F)[C@@H]1[C@H]2C(=O)N(c3ccc(C(=O)O)cc3)C[C@H]2N(CC2CCCCC2)[C@]12C(=O)Nc1cc(Cl)ccc12. The fourth-order valence-corrected chi connectivity index (χ4v) is 7.89. The highest BCUT2D eigenvalue weighted by molar-refractivity contribution is 6.31. The number of fused-ring (bicyclic) bond motifs is 3. The summed E-state index contributed by atoms with van der Waals surface area (Å²) in [5, 5.41) is 13.0. The average molecular weight is 625 g/mol. The van der Waals surface area contributed by atoms with Crippen LogP contribution in [0.15, 0.2) is 78.1 Å². The molecule has 2 amide bonds. The Morgan fingerprint density at radius 2 is 1.86 bits per heavy atom. The van der Waals surface area contributed by atoms with Crippen molar-refractivity contribution in [3.63, 3.8) is 0 Å². The minimum atomic E-state index is -1.46. The molecule has 0 unspecified atom stereocenters. The Kier molecular flexibility index (Phi) is 7.96. The van der Waals surface area contributed by atoms with E-state index in [1.54, 1.807) is 35.2 Å². The van der Waals surface area contributed by atoms with Crippen LogP contribution < -0.4 is 10.2 Å². The molecule has 3 fully saturated rings. The number of carboxylic acid groups (broad SMARTS) is 1. The molecule has 3 heterocycles. The van der Waals surface area contributed by atoms with Crippen LogP contribution in [0.1, 0.15) is 48.0 Å². The van der Waals surface area contributed by atoms with Crippen molar-refractivity contribution in [1.82, 2.24) is 4.90 Å². The number of anilines is 2. The number of carboxylic acids is 1. The molecule has 2 aromatic carbocycles. The van der Waals surface area contributed by atoms with Crippen molar-refractivity contribution < 1.29 is 23.9 Å². The number of allylic oxidation sites excluding steroid dienone is 4. The van der Waals surface area contributed by atoms with Crippen LogP contribution in [0.5, 0.6) is 0 Å². The van der Waals surface area contributed by atoms with Crippen molar-refractivity contribution in [2.24, 2.45) is 17.8 Å². The van der Waals surface area contributed by atoms with Gasteiger partial charge in [-0.2, -0.15) is 0 Å². The summed E-state index contributed by atoms with van der Waals surface area (Å²) >= 11 is 12.2.